The van der Waals surface area contributed by atoms with Crippen LogP contribution in [0.5, 0.6) is 0 Å². The molecule has 0 aliphatic rings. The zero-order valence-electron chi connectivity index (χ0n) is 11.4. The molecule has 0 atom stereocenters. The number of aromatic nitrogens is 2. The second-order valence-electron chi connectivity index (χ2n) is 4.84. The first-order chi connectivity index (χ1) is 9.99. The summed E-state index contributed by atoms with van der Waals surface area (Å²) in [5, 5.41) is 1.89. The van der Waals surface area contributed by atoms with Crippen LogP contribution in [-0.2, 0) is 0 Å². The van der Waals surface area contributed by atoms with E-state index >= 15 is 0 Å². The molecule has 0 amide bonds. The van der Waals surface area contributed by atoms with Crippen LogP contribution in [0.15, 0.2) is 30.3 Å². The van der Waals surface area contributed by atoms with Crippen LogP contribution in [-0.4, -0.2) is 9.97 Å². The molecule has 0 bridgehead atoms. The molecule has 2 nitrogen and oxygen atoms in total. The van der Waals surface area contributed by atoms with E-state index < -0.39 is 0 Å². The smallest absolute Gasteiger partial charge is 0.161 e. The predicted molar refractivity (Wildman–Crippen MR) is 89.5 cm³/mol. The summed E-state index contributed by atoms with van der Waals surface area (Å²) in [5.41, 5.74) is 3.80. The quantitative estimate of drug-likeness (QED) is 0.519. The molecule has 0 spiro atoms. The van der Waals surface area contributed by atoms with Crippen LogP contribution in [0.3, 0.4) is 0 Å². The molecule has 21 heavy (non-hydrogen) atoms. The first-order valence-corrected chi connectivity index (χ1v) is 7.50. The van der Waals surface area contributed by atoms with Gasteiger partial charge in [0.1, 0.15) is 5.15 Å². The van der Waals surface area contributed by atoms with Crippen molar-refractivity contribution < 1.29 is 0 Å². The molecule has 0 unspecified atom stereocenters. The van der Waals surface area contributed by atoms with Gasteiger partial charge >= 0.3 is 0 Å². The van der Waals surface area contributed by atoms with Crippen molar-refractivity contribution in [2.75, 3.05) is 0 Å². The highest BCUT2D eigenvalue weighted by molar-refractivity contribution is 6.44. The van der Waals surface area contributed by atoms with Gasteiger partial charge in [-0.05, 0) is 37.1 Å². The Morgan fingerprint density at radius 2 is 1.57 bits per heavy atom. The fourth-order valence-electron chi connectivity index (χ4n) is 2.24. The lowest BCUT2D eigenvalue weighted by Gasteiger charge is -2.10. The highest BCUT2D eigenvalue weighted by Gasteiger charge is 2.14. The number of aryl methyl sites for hydroxylation is 1. The minimum atomic E-state index is 0.309. The van der Waals surface area contributed by atoms with Crippen LogP contribution >= 0.6 is 34.8 Å². The van der Waals surface area contributed by atoms with E-state index in [0.717, 1.165) is 11.1 Å². The molecule has 0 saturated carbocycles. The van der Waals surface area contributed by atoms with E-state index in [4.69, 9.17) is 34.8 Å². The van der Waals surface area contributed by atoms with Gasteiger partial charge in [-0.15, -0.1) is 0 Å². The van der Waals surface area contributed by atoms with Gasteiger partial charge in [0.05, 0.1) is 20.9 Å². The lowest BCUT2D eigenvalue weighted by Crippen LogP contribution is -1.96. The number of rotatable bonds is 1. The van der Waals surface area contributed by atoms with Crippen molar-refractivity contribution >= 4 is 45.7 Å². The first kappa shape index (κ1) is 14.6. The van der Waals surface area contributed by atoms with Crippen LogP contribution in [0.25, 0.3) is 22.3 Å². The van der Waals surface area contributed by atoms with E-state index in [9.17, 15) is 0 Å². The van der Waals surface area contributed by atoms with Gasteiger partial charge in [0.2, 0.25) is 0 Å². The summed E-state index contributed by atoms with van der Waals surface area (Å²) in [4.78, 5) is 8.94. The van der Waals surface area contributed by atoms with Crippen LogP contribution in [0.4, 0.5) is 0 Å². The average Bonchev–Trinajstić information content (AvgIpc) is 2.45. The molecule has 0 fully saturated rings. The number of nitrogens with zero attached hydrogens (tertiary/aromatic N) is 2. The third kappa shape index (κ3) is 2.48. The molecule has 0 N–H and O–H groups in total. The minimum absolute atomic E-state index is 0.309. The molecule has 1 aromatic heterocycles. The Morgan fingerprint density at radius 1 is 0.857 bits per heavy atom. The SMILES string of the molecule is Cc1cccc(-c2nc(Cl)c3c(Cl)ccc(Cl)c3n2)c1C. The van der Waals surface area contributed by atoms with Gasteiger partial charge in [0.25, 0.3) is 0 Å². The fourth-order valence-corrected chi connectivity index (χ4v) is 3.00. The monoisotopic (exact) mass is 336 g/mol. The van der Waals surface area contributed by atoms with Gasteiger partial charge in [0, 0.05) is 5.56 Å². The van der Waals surface area contributed by atoms with E-state index in [-0.39, 0.29) is 0 Å². The lowest BCUT2D eigenvalue weighted by atomic mass is 10.0. The van der Waals surface area contributed by atoms with Crippen LogP contribution in [0, 0.1) is 13.8 Å². The highest BCUT2D eigenvalue weighted by atomic mass is 35.5. The van der Waals surface area contributed by atoms with Crippen molar-refractivity contribution in [3.8, 4) is 11.4 Å². The zero-order valence-corrected chi connectivity index (χ0v) is 13.7. The summed E-state index contributed by atoms with van der Waals surface area (Å²) in [6.07, 6.45) is 0. The predicted octanol–water partition coefficient (Wildman–Crippen LogP) is 5.87. The van der Waals surface area contributed by atoms with Gasteiger partial charge in [-0.1, -0.05) is 53.0 Å². The highest BCUT2D eigenvalue weighted by Crippen LogP contribution is 2.35. The Kier molecular flexibility index (Phi) is 3.78. The summed E-state index contributed by atoms with van der Waals surface area (Å²) in [6, 6.07) is 9.39. The Hall–Kier alpha value is -1.35. The zero-order chi connectivity index (χ0) is 15.1. The molecule has 0 radical (unpaired) electrons. The van der Waals surface area contributed by atoms with Crippen LogP contribution < -0.4 is 0 Å². The van der Waals surface area contributed by atoms with Gasteiger partial charge in [-0.2, -0.15) is 0 Å². The molecular weight excluding hydrogens is 327 g/mol. The molecule has 0 saturated heterocycles. The van der Waals surface area contributed by atoms with Crippen molar-refractivity contribution in [2.24, 2.45) is 0 Å². The molecule has 3 aromatic rings. The topological polar surface area (TPSA) is 25.8 Å². The van der Waals surface area contributed by atoms with E-state index in [1.54, 1.807) is 12.1 Å². The summed E-state index contributed by atoms with van der Waals surface area (Å²) in [5.74, 6) is 0.554. The molecule has 0 aliphatic carbocycles. The van der Waals surface area contributed by atoms with E-state index in [2.05, 4.69) is 9.97 Å². The fraction of sp³-hybridized carbons (Fsp3) is 0.125. The van der Waals surface area contributed by atoms with Crippen molar-refractivity contribution in [3.63, 3.8) is 0 Å². The summed E-state index contributed by atoms with van der Waals surface area (Å²) >= 11 is 18.7. The average molecular weight is 338 g/mol. The number of hydrogen-bond donors (Lipinski definition) is 0. The molecule has 5 heteroatoms. The van der Waals surface area contributed by atoms with Crippen LogP contribution in [0.1, 0.15) is 11.1 Å². The van der Waals surface area contributed by atoms with Gasteiger partial charge in [0.15, 0.2) is 5.82 Å². The first-order valence-electron chi connectivity index (χ1n) is 6.37. The van der Waals surface area contributed by atoms with E-state index in [1.165, 1.54) is 5.56 Å². The molecular formula is C16H11Cl3N2. The van der Waals surface area contributed by atoms with Gasteiger partial charge < -0.3 is 0 Å². The number of hydrogen-bond acceptors (Lipinski definition) is 2. The van der Waals surface area contributed by atoms with Crippen LogP contribution in [0.2, 0.25) is 15.2 Å². The standard InChI is InChI=1S/C16H11Cl3N2/c1-8-4-3-5-10(9(8)2)16-20-14-12(18)7-6-11(17)13(14)15(19)21-16/h3-7H,1-2H3. The number of benzene rings is 2. The summed E-state index contributed by atoms with van der Waals surface area (Å²) in [6.45, 7) is 4.08. The van der Waals surface area contributed by atoms with Gasteiger partial charge in [-0.3, -0.25) is 0 Å². The van der Waals surface area contributed by atoms with Crippen molar-refractivity contribution in [1.29, 1.82) is 0 Å². The summed E-state index contributed by atoms with van der Waals surface area (Å²) in [7, 11) is 0. The van der Waals surface area contributed by atoms with Crippen molar-refractivity contribution in [3.05, 3.63) is 56.7 Å². The van der Waals surface area contributed by atoms with E-state index in [1.807, 2.05) is 32.0 Å². The third-order valence-electron chi connectivity index (χ3n) is 3.55. The molecule has 3 rings (SSSR count). The Labute approximate surface area is 137 Å². The summed E-state index contributed by atoms with van der Waals surface area (Å²) < 4.78 is 0. The maximum absolute atomic E-state index is 6.29. The maximum atomic E-state index is 6.29. The second kappa shape index (κ2) is 5.45. The van der Waals surface area contributed by atoms with Gasteiger partial charge in [-0.25, -0.2) is 9.97 Å². The Balaban J connectivity index is 2.36. The Morgan fingerprint density at radius 3 is 2.33 bits per heavy atom. The number of halogens is 3. The van der Waals surface area contributed by atoms with E-state index in [0.29, 0.717) is 31.9 Å². The van der Waals surface area contributed by atoms with Crippen molar-refractivity contribution in [2.45, 2.75) is 13.8 Å². The second-order valence-corrected chi connectivity index (χ2v) is 6.01. The Bertz CT molecular complexity index is 860. The minimum Gasteiger partial charge on any atom is -0.226 e. The number of fused-ring (bicyclic) bond motifs is 1. The lowest BCUT2D eigenvalue weighted by molar-refractivity contribution is 1.20. The normalized spacial score (nSPS) is 11.1. The largest absolute Gasteiger partial charge is 0.226 e. The molecule has 2 aromatic carbocycles. The maximum Gasteiger partial charge on any atom is 0.161 e. The molecule has 1 heterocycles. The molecule has 0 aliphatic heterocycles. The van der Waals surface area contributed by atoms with Crippen molar-refractivity contribution in [1.82, 2.24) is 9.97 Å². The molecule has 106 valence electrons. The third-order valence-corrected chi connectivity index (χ3v) is 4.44.